The topological polar surface area (TPSA) is 72.2 Å². The normalized spacial score (nSPS) is 10.6. The molecule has 0 aliphatic rings. The number of nitro groups is 1. The van der Waals surface area contributed by atoms with E-state index in [-0.39, 0.29) is 11.6 Å². The first-order valence-corrected chi connectivity index (χ1v) is 6.76. The van der Waals surface area contributed by atoms with Crippen LogP contribution in [0.5, 0.6) is 0 Å². The molecule has 0 saturated carbocycles. The number of nitro benzene ring substituents is 1. The number of carbonyl (C=O) groups excluding carboxylic acids is 1. The van der Waals surface area contributed by atoms with Crippen molar-refractivity contribution < 1.29 is 9.72 Å². The summed E-state index contributed by atoms with van der Waals surface area (Å²) in [6.07, 6.45) is 2.91. The average Bonchev–Trinajstić information content (AvgIpc) is 2.49. The van der Waals surface area contributed by atoms with E-state index in [2.05, 4.69) is 5.32 Å². The van der Waals surface area contributed by atoms with Gasteiger partial charge in [-0.05, 0) is 42.7 Å². The van der Waals surface area contributed by atoms with Crippen LogP contribution in [0.3, 0.4) is 0 Å². The number of rotatable bonds is 4. The summed E-state index contributed by atoms with van der Waals surface area (Å²) in [4.78, 5) is 22.2. The highest BCUT2D eigenvalue weighted by Gasteiger charge is 2.05. The molecule has 2 aromatic rings. The van der Waals surface area contributed by atoms with Crippen LogP contribution in [0.15, 0.2) is 48.5 Å². The summed E-state index contributed by atoms with van der Waals surface area (Å²) < 4.78 is 0. The first kappa shape index (κ1) is 15.4. The fourth-order valence-corrected chi connectivity index (χ4v) is 1.96. The zero-order chi connectivity index (χ0) is 16.1. The summed E-state index contributed by atoms with van der Waals surface area (Å²) in [5, 5.41) is 13.5. The van der Waals surface area contributed by atoms with Crippen molar-refractivity contribution in [2.45, 2.75) is 13.8 Å². The molecule has 0 radical (unpaired) electrons. The van der Waals surface area contributed by atoms with Crippen molar-refractivity contribution in [3.63, 3.8) is 0 Å². The van der Waals surface area contributed by atoms with Gasteiger partial charge < -0.3 is 5.32 Å². The van der Waals surface area contributed by atoms with Crippen molar-refractivity contribution >= 4 is 23.4 Å². The molecule has 1 amide bonds. The van der Waals surface area contributed by atoms with E-state index in [0.29, 0.717) is 5.56 Å². The zero-order valence-electron chi connectivity index (χ0n) is 12.4. The second-order valence-electron chi connectivity index (χ2n) is 4.99. The molecule has 0 saturated heterocycles. The summed E-state index contributed by atoms with van der Waals surface area (Å²) in [6.45, 7) is 3.87. The number of non-ortho nitro benzene ring substituents is 1. The molecule has 112 valence electrons. The molecule has 0 heterocycles. The van der Waals surface area contributed by atoms with Crippen molar-refractivity contribution in [2.75, 3.05) is 5.32 Å². The molecule has 5 heteroatoms. The maximum Gasteiger partial charge on any atom is 0.270 e. The van der Waals surface area contributed by atoms with Crippen molar-refractivity contribution in [1.29, 1.82) is 0 Å². The first-order chi connectivity index (χ1) is 10.5. The van der Waals surface area contributed by atoms with Crippen LogP contribution in [-0.4, -0.2) is 10.8 Å². The minimum atomic E-state index is -0.465. The highest BCUT2D eigenvalue weighted by atomic mass is 16.6. The van der Waals surface area contributed by atoms with Crippen LogP contribution in [0.2, 0.25) is 0 Å². The van der Waals surface area contributed by atoms with Crippen LogP contribution in [0.4, 0.5) is 11.4 Å². The average molecular weight is 296 g/mol. The largest absolute Gasteiger partial charge is 0.322 e. The number of aryl methyl sites for hydroxylation is 2. The zero-order valence-corrected chi connectivity index (χ0v) is 12.4. The van der Waals surface area contributed by atoms with Gasteiger partial charge in [-0.1, -0.05) is 24.3 Å². The van der Waals surface area contributed by atoms with E-state index in [4.69, 9.17) is 0 Å². The quantitative estimate of drug-likeness (QED) is 0.529. The lowest BCUT2D eigenvalue weighted by Gasteiger charge is -2.07. The number of carbonyl (C=O) groups is 1. The molecule has 0 unspecified atom stereocenters. The summed E-state index contributed by atoms with van der Waals surface area (Å²) >= 11 is 0. The number of amides is 1. The molecule has 0 atom stereocenters. The lowest BCUT2D eigenvalue weighted by atomic mass is 10.1. The third kappa shape index (κ3) is 4.02. The van der Waals surface area contributed by atoms with Crippen LogP contribution in [0.25, 0.3) is 6.08 Å². The number of hydrogen-bond acceptors (Lipinski definition) is 3. The van der Waals surface area contributed by atoms with Crippen molar-refractivity contribution in [1.82, 2.24) is 0 Å². The molecular formula is C17H16N2O3. The Hall–Kier alpha value is -2.95. The summed E-state index contributed by atoms with van der Waals surface area (Å²) in [6, 6.07) is 11.9. The van der Waals surface area contributed by atoms with Gasteiger partial charge in [0, 0.05) is 23.9 Å². The van der Waals surface area contributed by atoms with Gasteiger partial charge in [-0.3, -0.25) is 14.9 Å². The SMILES string of the molecule is Cc1ccc(C)c(NC(=O)/C=C/c2cccc([N+](=O)[O-])c2)c1. The number of benzene rings is 2. The van der Waals surface area contributed by atoms with E-state index >= 15 is 0 Å². The molecule has 5 nitrogen and oxygen atoms in total. The molecule has 0 aliphatic heterocycles. The van der Waals surface area contributed by atoms with Gasteiger partial charge in [-0.15, -0.1) is 0 Å². The Morgan fingerprint density at radius 2 is 1.95 bits per heavy atom. The van der Waals surface area contributed by atoms with Crippen LogP contribution >= 0.6 is 0 Å². The highest BCUT2D eigenvalue weighted by Crippen LogP contribution is 2.17. The highest BCUT2D eigenvalue weighted by molar-refractivity contribution is 6.02. The van der Waals surface area contributed by atoms with Crippen LogP contribution in [-0.2, 0) is 4.79 Å². The fraction of sp³-hybridized carbons (Fsp3) is 0.118. The Morgan fingerprint density at radius 1 is 1.18 bits per heavy atom. The standard InChI is InChI=1S/C17H16N2O3/c1-12-6-7-13(2)16(10-12)18-17(20)9-8-14-4-3-5-15(11-14)19(21)22/h3-11H,1-2H3,(H,18,20)/b9-8+. The van der Waals surface area contributed by atoms with Gasteiger partial charge in [0.1, 0.15) is 0 Å². The monoisotopic (exact) mass is 296 g/mol. The molecule has 0 spiro atoms. The molecule has 2 aromatic carbocycles. The molecule has 0 bridgehead atoms. The second kappa shape index (κ2) is 6.67. The van der Waals surface area contributed by atoms with Crippen LogP contribution in [0, 0.1) is 24.0 Å². The Labute approximate surface area is 128 Å². The molecular weight excluding hydrogens is 280 g/mol. The van der Waals surface area contributed by atoms with Crippen molar-refractivity contribution in [2.24, 2.45) is 0 Å². The van der Waals surface area contributed by atoms with Gasteiger partial charge >= 0.3 is 0 Å². The van der Waals surface area contributed by atoms with E-state index in [1.807, 2.05) is 32.0 Å². The predicted molar refractivity (Wildman–Crippen MR) is 86.7 cm³/mol. The summed E-state index contributed by atoms with van der Waals surface area (Å²) in [5.41, 5.74) is 3.39. The van der Waals surface area contributed by atoms with Crippen LogP contribution < -0.4 is 5.32 Å². The lowest BCUT2D eigenvalue weighted by Crippen LogP contribution is -2.09. The Kier molecular flexibility index (Phi) is 4.68. The van der Waals surface area contributed by atoms with E-state index in [0.717, 1.165) is 16.8 Å². The Bertz CT molecular complexity index is 751. The fourth-order valence-electron chi connectivity index (χ4n) is 1.96. The van der Waals surface area contributed by atoms with Gasteiger partial charge in [0.2, 0.25) is 5.91 Å². The van der Waals surface area contributed by atoms with Crippen molar-refractivity contribution in [3.05, 3.63) is 75.3 Å². The van der Waals surface area contributed by atoms with Crippen molar-refractivity contribution in [3.8, 4) is 0 Å². The van der Waals surface area contributed by atoms with Gasteiger partial charge in [0.15, 0.2) is 0 Å². The number of anilines is 1. The maximum absolute atomic E-state index is 11.9. The third-order valence-corrected chi connectivity index (χ3v) is 3.16. The maximum atomic E-state index is 11.9. The Morgan fingerprint density at radius 3 is 2.68 bits per heavy atom. The lowest BCUT2D eigenvalue weighted by molar-refractivity contribution is -0.384. The van der Waals surface area contributed by atoms with E-state index in [1.54, 1.807) is 18.2 Å². The molecule has 0 fully saturated rings. The number of hydrogen-bond donors (Lipinski definition) is 1. The van der Waals surface area contributed by atoms with Gasteiger partial charge in [0.05, 0.1) is 4.92 Å². The third-order valence-electron chi connectivity index (χ3n) is 3.16. The Balaban J connectivity index is 2.10. The van der Waals surface area contributed by atoms with Gasteiger partial charge in [-0.25, -0.2) is 0 Å². The first-order valence-electron chi connectivity index (χ1n) is 6.76. The minimum absolute atomic E-state index is 0.00270. The molecule has 22 heavy (non-hydrogen) atoms. The van der Waals surface area contributed by atoms with E-state index in [1.165, 1.54) is 18.2 Å². The summed E-state index contributed by atoms with van der Waals surface area (Å²) in [7, 11) is 0. The molecule has 0 aliphatic carbocycles. The molecule has 1 N–H and O–H groups in total. The summed E-state index contributed by atoms with van der Waals surface area (Å²) in [5.74, 6) is -0.278. The second-order valence-corrected chi connectivity index (χ2v) is 4.99. The molecule has 0 aromatic heterocycles. The minimum Gasteiger partial charge on any atom is -0.322 e. The van der Waals surface area contributed by atoms with E-state index < -0.39 is 4.92 Å². The molecule has 2 rings (SSSR count). The number of nitrogens with one attached hydrogen (secondary N) is 1. The predicted octanol–water partition coefficient (Wildman–Crippen LogP) is 3.86. The smallest absolute Gasteiger partial charge is 0.270 e. The van der Waals surface area contributed by atoms with E-state index in [9.17, 15) is 14.9 Å². The van der Waals surface area contributed by atoms with Gasteiger partial charge in [0.25, 0.3) is 5.69 Å². The number of nitrogens with zero attached hydrogens (tertiary/aromatic N) is 1. The van der Waals surface area contributed by atoms with Gasteiger partial charge in [-0.2, -0.15) is 0 Å². The van der Waals surface area contributed by atoms with Crippen LogP contribution in [0.1, 0.15) is 16.7 Å².